The summed E-state index contributed by atoms with van der Waals surface area (Å²) >= 11 is 0. The Morgan fingerprint density at radius 3 is 2.73 bits per heavy atom. The van der Waals surface area contributed by atoms with Gasteiger partial charge in [-0.25, -0.2) is 13.2 Å². The molecule has 0 radical (unpaired) electrons. The molecule has 2 aliphatic rings. The number of carbonyl (C=O) groups excluding carboxylic acids is 1. The number of ether oxygens (including phenoxy) is 1. The molecule has 2 fully saturated rings. The minimum Gasteiger partial charge on any atom is -0.475 e. The maximum atomic E-state index is 12.7. The Hall–Kier alpha value is -1.91. The van der Waals surface area contributed by atoms with Gasteiger partial charge in [0, 0.05) is 19.7 Å². The highest BCUT2D eigenvalue weighted by molar-refractivity contribution is 7.89. The Morgan fingerprint density at radius 2 is 2.08 bits per heavy atom. The van der Waals surface area contributed by atoms with Gasteiger partial charge in [0.2, 0.25) is 16.8 Å². The van der Waals surface area contributed by atoms with Crippen molar-refractivity contribution in [1.82, 2.24) is 9.62 Å². The summed E-state index contributed by atoms with van der Waals surface area (Å²) in [6.45, 7) is 1.97. The normalized spacial score (nSPS) is 24.5. The molecule has 3 rings (SSSR count). The lowest BCUT2D eigenvalue weighted by molar-refractivity contribution is -0.124. The Morgan fingerprint density at radius 1 is 1.27 bits per heavy atom. The van der Waals surface area contributed by atoms with E-state index in [9.17, 15) is 18.0 Å². The SMILES string of the molecule is O=C(O)c1ccc(S(=O)(=O)N2CCCC2C(=O)NCC2CCCOC2)o1. The van der Waals surface area contributed by atoms with Crippen LogP contribution in [0.15, 0.2) is 21.6 Å². The van der Waals surface area contributed by atoms with Crippen molar-refractivity contribution in [2.24, 2.45) is 5.92 Å². The molecule has 2 N–H and O–H groups in total. The van der Waals surface area contributed by atoms with Crippen molar-refractivity contribution in [3.63, 3.8) is 0 Å². The van der Waals surface area contributed by atoms with E-state index in [1.54, 1.807) is 0 Å². The van der Waals surface area contributed by atoms with Crippen molar-refractivity contribution in [3.05, 3.63) is 17.9 Å². The average Bonchev–Trinajstić information content (AvgIpc) is 3.30. The highest BCUT2D eigenvalue weighted by atomic mass is 32.2. The quantitative estimate of drug-likeness (QED) is 0.736. The first-order valence-electron chi connectivity index (χ1n) is 8.60. The molecule has 0 saturated carbocycles. The van der Waals surface area contributed by atoms with Gasteiger partial charge in [-0.05, 0) is 43.7 Å². The Kier molecular flexibility index (Phi) is 5.64. The highest BCUT2D eigenvalue weighted by Gasteiger charge is 2.41. The van der Waals surface area contributed by atoms with Gasteiger partial charge in [0.15, 0.2) is 0 Å². The minimum absolute atomic E-state index is 0.191. The van der Waals surface area contributed by atoms with Gasteiger partial charge in [0.25, 0.3) is 10.0 Å². The Labute approximate surface area is 151 Å². The van der Waals surface area contributed by atoms with Gasteiger partial charge in [-0.3, -0.25) is 4.79 Å². The summed E-state index contributed by atoms with van der Waals surface area (Å²) in [7, 11) is -4.07. The number of sulfonamides is 1. The first-order chi connectivity index (χ1) is 12.4. The zero-order valence-electron chi connectivity index (χ0n) is 14.2. The molecule has 26 heavy (non-hydrogen) atoms. The summed E-state index contributed by atoms with van der Waals surface area (Å²) < 4.78 is 36.9. The average molecular weight is 386 g/mol. The number of amides is 1. The van der Waals surface area contributed by atoms with E-state index >= 15 is 0 Å². The summed E-state index contributed by atoms with van der Waals surface area (Å²) in [6.07, 6.45) is 2.89. The molecule has 2 atom stereocenters. The summed E-state index contributed by atoms with van der Waals surface area (Å²) in [5.74, 6) is -1.91. The van der Waals surface area contributed by atoms with Crippen molar-refractivity contribution in [3.8, 4) is 0 Å². The fourth-order valence-electron chi connectivity index (χ4n) is 3.31. The second kappa shape index (κ2) is 7.77. The monoisotopic (exact) mass is 386 g/mol. The summed E-state index contributed by atoms with van der Waals surface area (Å²) in [5.41, 5.74) is 0. The smallest absolute Gasteiger partial charge is 0.371 e. The van der Waals surface area contributed by atoms with Gasteiger partial charge in [-0.2, -0.15) is 4.31 Å². The second-order valence-electron chi connectivity index (χ2n) is 6.53. The van der Waals surface area contributed by atoms with Gasteiger partial charge in [0.05, 0.1) is 6.61 Å². The van der Waals surface area contributed by atoms with Crippen LogP contribution in [-0.4, -0.2) is 62.1 Å². The molecule has 144 valence electrons. The molecular formula is C16H22N2O7S. The van der Waals surface area contributed by atoms with Crippen LogP contribution in [0.4, 0.5) is 0 Å². The van der Waals surface area contributed by atoms with Crippen LogP contribution in [0, 0.1) is 5.92 Å². The number of nitrogens with one attached hydrogen (secondary N) is 1. The van der Waals surface area contributed by atoms with E-state index in [0.717, 1.165) is 35.9 Å². The van der Waals surface area contributed by atoms with Gasteiger partial charge in [-0.1, -0.05) is 0 Å². The van der Waals surface area contributed by atoms with Crippen LogP contribution in [0.1, 0.15) is 36.2 Å². The number of hydrogen-bond donors (Lipinski definition) is 2. The summed E-state index contributed by atoms with van der Waals surface area (Å²) in [5, 5.41) is 11.2. The number of carboxylic acid groups (broad SMARTS) is 1. The van der Waals surface area contributed by atoms with Crippen molar-refractivity contribution >= 4 is 21.9 Å². The van der Waals surface area contributed by atoms with Gasteiger partial charge in [0.1, 0.15) is 6.04 Å². The number of nitrogens with zero attached hydrogens (tertiary/aromatic N) is 1. The van der Waals surface area contributed by atoms with Crippen molar-refractivity contribution in [2.75, 3.05) is 26.3 Å². The molecular weight excluding hydrogens is 364 g/mol. The number of furan rings is 1. The number of hydrogen-bond acceptors (Lipinski definition) is 6. The Balaban J connectivity index is 1.67. The van der Waals surface area contributed by atoms with Gasteiger partial charge >= 0.3 is 5.97 Å². The van der Waals surface area contributed by atoms with E-state index < -0.39 is 32.9 Å². The number of carboxylic acids is 1. The van der Waals surface area contributed by atoms with Crippen LogP contribution in [0.3, 0.4) is 0 Å². The fourth-order valence-corrected chi connectivity index (χ4v) is 4.88. The van der Waals surface area contributed by atoms with Gasteiger partial charge < -0.3 is 19.6 Å². The fraction of sp³-hybridized carbons (Fsp3) is 0.625. The van der Waals surface area contributed by atoms with E-state index in [1.165, 1.54) is 0 Å². The topological polar surface area (TPSA) is 126 Å². The standard InChI is InChI=1S/C16H22N2O7S/c19-15(17-9-11-3-2-8-24-10-11)12-4-1-7-18(12)26(22,23)14-6-5-13(25-14)16(20)21/h5-6,11-12H,1-4,7-10H2,(H,17,19)(H,20,21). The lowest BCUT2D eigenvalue weighted by Gasteiger charge is -2.25. The first-order valence-corrected chi connectivity index (χ1v) is 10.0. The Bertz CT molecular complexity index is 767. The lowest BCUT2D eigenvalue weighted by Crippen LogP contribution is -2.47. The summed E-state index contributed by atoms with van der Waals surface area (Å²) in [6, 6.07) is 1.37. The maximum Gasteiger partial charge on any atom is 0.371 e. The lowest BCUT2D eigenvalue weighted by atomic mass is 10.0. The van der Waals surface area contributed by atoms with E-state index in [1.807, 2.05) is 0 Å². The predicted octanol–water partition coefficient (Wildman–Crippen LogP) is 0.674. The van der Waals surface area contributed by atoms with E-state index in [-0.39, 0.29) is 18.4 Å². The van der Waals surface area contributed by atoms with Crippen molar-refractivity contribution in [1.29, 1.82) is 0 Å². The van der Waals surface area contributed by atoms with Crippen molar-refractivity contribution < 1.29 is 32.3 Å². The third-order valence-electron chi connectivity index (χ3n) is 4.68. The molecule has 1 aromatic heterocycles. The van der Waals surface area contributed by atoms with Crippen LogP contribution in [0.25, 0.3) is 0 Å². The molecule has 2 saturated heterocycles. The maximum absolute atomic E-state index is 12.7. The van der Waals surface area contributed by atoms with Crippen LogP contribution in [0.2, 0.25) is 0 Å². The van der Waals surface area contributed by atoms with E-state index in [2.05, 4.69) is 5.32 Å². The molecule has 2 unspecified atom stereocenters. The van der Waals surface area contributed by atoms with E-state index in [0.29, 0.717) is 26.0 Å². The number of carbonyl (C=O) groups is 2. The molecule has 1 amide bonds. The molecule has 9 nitrogen and oxygen atoms in total. The second-order valence-corrected chi connectivity index (χ2v) is 8.35. The molecule has 10 heteroatoms. The first kappa shape index (κ1) is 18.9. The molecule has 0 bridgehead atoms. The van der Waals surface area contributed by atoms with Crippen LogP contribution < -0.4 is 5.32 Å². The van der Waals surface area contributed by atoms with Crippen LogP contribution in [-0.2, 0) is 19.6 Å². The third-order valence-corrected chi connectivity index (χ3v) is 6.46. The minimum atomic E-state index is -4.07. The van der Waals surface area contributed by atoms with Crippen LogP contribution in [0.5, 0.6) is 0 Å². The third kappa shape index (κ3) is 3.92. The zero-order chi connectivity index (χ0) is 18.7. The van der Waals surface area contributed by atoms with Crippen molar-refractivity contribution in [2.45, 2.75) is 36.8 Å². The summed E-state index contributed by atoms with van der Waals surface area (Å²) in [4.78, 5) is 23.4. The molecule has 2 aliphatic heterocycles. The highest BCUT2D eigenvalue weighted by Crippen LogP contribution is 2.27. The van der Waals surface area contributed by atoms with Gasteiger partial charge in [-0.15, -0.1) is 0 Å². The van der Waals surface area contributed by atoms with Crippen LogP contribution >= 0.6 is 0 Å². The largest absolute Gasteiger partial charge is 0.475 e. The molecule has 0 aliphatic carbocycles. The number of aromatic carboxylic acids is 1. The molecule has 1 aromatic rings. The molecule has 3 heterocycles. The molecule has 0 spiro atoms. The zero-order valence-corrected chi connectivity index (χ0v) is 15.0. The van der Waals surface area contributed by atoms with E-state index in [4.69, 9.17) is 14.3 Å². The molecule has 0 aromatic carbocycles. The predicted molar refractivity (Wildman–Crippen MR) is 89.1 cm³/mol. The number of rotatable bonds is 6.